The fourth-order valence-electron chi connectivity index (χ4n) is 2.23. The van der Waals surface area contributed by atoms with Gasteiger partial charge < -0.3 is 19.7 Å². The van der Waals surface area contributed by atoms with Gasteiger partial charge in [-0.05, 0) is 48.7 Å². The average molecular weight is 317 g/mol. The summed E-state index contributed by atoms with van der Waals surface area (Å²) in [5.41, 5.74) is 3.21. The van der Waals surface area contributed by atoms with Crippen LogP contribution in [0.25, 0.3) is 0 Å². The number of benzene rings is 1. The Bertz CT molecular complexity index is 676. The number of nitrogens with zero attached hydrogens (tertiary/aromatic N) is 1. The van der Waals surface area contributed by atoms with Crippen LogP contribution in [0.2, 0.25) is 0 Å². The van der Waals surface area contributed by atoms with Gasteiger partial charge in [0.05, 0.1) is 6.61 Å². The highest BCUT2D eigenvalue weighted by atomic mass is 16.5. The minimum Gasteiger partial charge on any atom is -0.489 e. The van der Waals surface area contributed by atoms with Crippen molar-refractivity contribution in [2.24, 2.45) is 0 Å². The minimum absolute atomic E-state index is 0.0608. The quantitative estimate of drug-likeness (QED) is 0.814. The lowest BCUT2D eigenvalue weighted by atomic mass is 10.1. The first kappa shape index (κ1) is 16.8. The van der Waals surface area contributed by atoms with Gasteiger partial charge >= 0.3 is 5.97 Å². The maximum absolute atomic E-state index is 10.6. The van der Waals surface area contributed by atoms with E-state index in [4.69, 9.17) is 19.7 Å². The molecule has 0 fully saturated rings. The van der Waals surface area contributed by atoms with Crippen LogP contribution in [-0.4, -0.2) is 27.8 Å². The fraction of sp³-hybridized carbons (Fsp3) is 0.294. The molecular formula is C17H19NO5. The molecule has 23 heavy (non-hydrogen) atoms. The van der Waals surface area contributed by atoms with E-state index in [1.807, 2.05) is 19.9 Å². The molecule has 0 unspecified atom stereocenters. The van der Waals surface area contributed by atoms with Crippen molar-refractivity contribution in [1.82, 2.24) is 4.98 Å². The molecule has 122 valence electrons. The summed E-state index contributed by atoms with van der Waals surface area (Å²) in [6.07, 6.45) is 3.29. The van der Waals surface area contributed by atoms with Crippen LogP contribution in [0, 0.1) is 13.8 Å². The normalized spacial score (nSPS) is 10.4. The third-order valence-electron chi connectivity index (χ3n) is 3.21. The predicted octanol–water partition coefficient (Wildman–Crippen LogP) is 2.23. The van der Waals surface area contributed by atoms with Gasteiger partial charge in [0, 0.05) is 18.0 Å². The zero-order valence-electron chi connectivity index (χ0n) is 13.1. The SMILES string of the molecule is Cc1cc(OCc2cncc(CO)c2)cc(C)c1OCC(=O)O. The fourth-order valence-corrected chi connectivity index (χ4v) is 2.23. The van der Waals surface area contributed by atoms with Crippen molar-refractivity contribution in [2.75, 3.05) is 6.61 Å². The van der Waals surface area contributed by atoms with Gasteiger partial charge in [0.25, 0.3) is 0 Å². The van der Waals surface area contributed by atoms with E-state index in [0.717, 1.165) is 22.3 Å². The molecule has 1 aromatic heterocycles. The number of pyridine rings is 1. The molecule has 1 aromatic carbocycles. The molecule has 0 saturated heterocycles. The first-order valence-corrected chi connectivity index (χ1v) is 7.12. The summed E-state index contributed by atoms with van der Waals surface area (Å²) in [4.78, 5) is 14.6. The van der Waals surface area contributed by atoms with E-state index in [2.05, 4.69) is 4.98 Å². The Morgan fingerprint density at radius 3 is 2.35 bits per heavy atom. The van der Waals surface area contributed by atoms with Crippen molar-refractivity contribution in [1.29, 1.82) is 0 Å². The molecule has 2 rings (SSSR count). The highest BCUT2D eigenvalue weighted by Crippen LogP contribution is 2.28. The molecule has 0 amide bonds. The van der Waals surface area contributed by atoms with Crippen LogP contribution in [0.4, 0.5) is 0 Å². The largest absolute Gasteiger partial charge is 0.489 e. The molecular weight excluding hydrogens is 298 g/mol. The van der Waals surface area contributed by atoms with Crippen LogP contribution in [0.1, 0.15) is 22.3 Å². The standard InChI is InChI=1S/C17H19NO5/c1-11-3-15(4-12(2)17(11)23-10-16(20)21)22-9-14-5-13(8-19)6-18-7-14/h3-7,19H,8-10H2,1-2H3,(H,20,21). The number of rotatable bonds is 7. The summed E-state index contributed by atoms with van der Waals surface area (Å²) in [5.74, 6) is 0.209. The van der Waals surface area contributed by atoms with Crippen LogP contribution < -0.4 is 9.47 Å². The molecule has 1 heterocycles. The lowest BCUT2D eigenvalue weighted by Crippen LogP contribution is -2.11. The zero-order chi connectivity index (χ0) is 16.8. The molecule has 0 bridgehead atoms. The third kappa shape index (κ3) is 4.69. The van der Waals surface area contributed by atoms with Crippen molar-refractivity contribution in [3.05, 3.63) is 52.8 Å². The van der Waals surface area contributed by atoms with E-state index in [1.54, 1.807) is 24.5 Å². The maximum Gasteiger partial charge on any atom is 0.341 e. The van der Waals surface area contributed by atoms with E-state index in [9.17, 15) is 4.79 Å². The number of ether oxygens (including phenoxy) is 2. The molecule has 2 aromatic rings. The third-order valence-corrected chi connectivity index (χ3v) is 3.21. The van der Waals surface area contributed by atoms with E-state index < -0.39 is 5.97 Å². The molecule has 0 saturated carbocycles. The van der Waals surface area contributed by atoms with E-state index in [1.165, 1.54) is 0 Å². The number of aryl methyl sites for hydroxylation is 2. The number of carboxylic acids is 1. The van der Waals surface area contributed by atoms with Crippen molar-refractivity contribution in [3.63, 3.8) is 0 Å². The number of aromatic nitrogens is 1. The molecule has 0 aliphatic carbocycles. The van der Waals surface area contributed by atoms with Gasteiger partial charge in [-0.3, -0.25) is 4.98 Å². The predicted molar refractivity (Wildman–Crippen MR) is 83.5 cm³/mol. The van der Waals surface area contributed by atoms with Crippen LogP contribution in [0.3, 0.4) is 0 Å². The summed E-state index contributed by atoms with van der Waals surface area (Å²) in [6.45, 7) is 3.57. The Hall–Kier alpha value is -2.60. The van der Waals surface area contributed by atoms with Crippen LogP contribution >= 0.6 is 0 Å². The Labute approximate surface area is 134 Å². The van der Waals surface area contributed by atoms with E-state index >= 15 is 0 Å². The van der Waals surface area contributed by atoms with Gasteiger partial charge in [-0.15, -0.1) is 0 Å². The number of aliphatic carboxylic acids is 1. The van der Waals surface area contributed by atoms with E-state index in [-0.39, 0.29) is 13.2 Å². The molecule has 0 spiro atoms. The lowest BCUT2D eigenvalue weighted by molar-refractivity contribution is -0.139. The van der Waals surface area contributed by atoms with Gasteiger partial charge in [-0.2, -0.15) is 0 Å². The summed E-state index contributed by atoms with van der Waals surface area (Å²) in [6, 6.07) is 5.43. The van der Waals surface area contributed by atoms with Gasteiger partial charge in [0.1, 0.15) is 18.1 Å². The Morgan fingerprint density at radius 2 is 1.74 bits per heavy atom. The number of carbonyl (C=O) groups is 1. The monoisotopic (exact) mass is 317 g/mol. The van der Waals surface area contributed by atoms with Gasteiger partial charge in [-0.25, -0.2) is 4.79 Å². The molecule has 0 radical (unpaired) electrons. The molecule has 0 aliphatic rings. The summed E-state index contributed by atoms with van der Waals surface area (Å²) in [7, 11) is 0. The number of aliphatic hydroxyl groups is 1. The second-order valence-electron chi connectivity index (χ2n) is 5.22. The molecule has 6 heteroatoms. The molecule has 2 N–H and O–H groups in total. The van der Waals surface area contributed by atoms with Crippen molar-refractivity contribution < 1.29 is 24.5 Å². The number of hydrogen-bond donors (Lipinski definition) is 2. The lowest BCUT2D eigenvalue weighted by Gasteiger charge is -2.14. The first-order chi connectivity index (χ1) is 11.0. The smallest absolute Gasteiger partial charge is 0.341 e. The highest BCUT2D eigenvalue weighted by Gasteiger charge is 2.09. The van der Waals surface area contributed by atoms with Crippen LogP contribution in [0.5, 0.6) is 11.5 Å². The summed E-state index contributed by atoms with van der Waals surface area (Å²) < 4.78 is 11.0. The molecule has 6 nitrogen and oxygen atoms in total. The minimum atomic E-state index is -1.01. The van der Waals surface area contributed by atoms with Crippen molar-refractivity contribution in [3.8, 4) is 11.5 Å². The number of hydrogen-bond acceptors (Lipinski definition) is 5. The Kier molecular flexibility index (Phi) is 5.54. The van der Waals surface area contributed by atoms with Crippen LogP contribution in [0.15, 0.2) is 30.6 Å². The number of aliphatic hydroxyl groups excluding tert-OH is 1. The van der Waals surface area contributed by atoms with Gasteiger partial charge in [-0.1, -0.05) is 0 Å². The Balaban J connectivity index is 2.07. The second-order valence-corrected chi connectivity index (χ2v) is 5.22. The van der Waals surface area contributed by atoms with Crippen molar-refractivity contribution >= 4 is 5.97 Å². The van der Waals surface area contributed by atoms with Crippen LogP contribution in [-0.2, 0) is 18.0 Å². The zero-order valence-corrected chi connectivity index (χ0v) is 13.1. The highest BCUT2D eigenvalue weighted by molar-refractivity contribution is 5.68. The van der Waals surface area contributed by atoms with Gasteiger partial charge in [0.2, 0.25) is 0 Å². The summed E-state index contributed by atoms with van der Waals surface area (Å²) >= 11 is 0. The molecule has 0 aliphatic heterocycles. The summed E-state index contributed by atoms with van der Waals surface area (Å²) in [5, 5.41) is 17.8. The molecule has 0 atom stereocenters. The van der Waals surface area contributed by atoms with Crippen molar-refractivity contribution in [2.45, 2.75) is 27.1 Å². The second kappa shape index (κ2) is 7.60. The Morgan fingerprint density at radius 1 is 1.09 bits per heavy atom. The first-order valence-electron chi connectivity index (χ1n) is 7.12. The topological polar surface area (TPSA) is 88.9 Å². The number of carboxylic acid groups (broad SMARTS) is 1. The average Bonchev–Trinajstić information content (AvgIpc) is 2.52. The van der Waals surface area contributed by atoms with Gasteiger partial charge in [0.15, 0.2) is 6.61 Å². The van der Waals surface area contributed by atoms with E-state index in [0.29, 0.717) is 18.1 Å². The maximum atomic E-state index is 10.6.